The normalized spacial score (nSPS) is 11.9. The Bertz CT molecular complexity index is 387. The Balaban J connectivity index is 2.96. The first-order chi connectivity index (χ1) is 7.72. The average molecular weight is 222 g/mol. The van der Waals surface area contributed by atoms with Gasteiger partial charge in [-0.2, -0.15) is 5.26 Å². The third kappa shape index (κ3) is 2.94. The lowest BCUT2D eigenvalue weighted by Gasteiger charge is -2.14. The first-order valence-electron chi connectivity index (χ1n) is 5.21. The Morgan fingerprint density at radius 1 is 1.56 bits per heavy atom. The molecule has 0 amide bonds. The number of ether oxygens (including phenoxy) is 1. The van der Waals surface area contributed by atoms with Crippen LogP contribution in [-0.2, 0) is 6.54 Å². The maximum atomic E-state index is 13.5. The topological polar surface area (TPSA) is 45.0 Å². The summed E-state index contributed by atoms with van der Waals surface area (Å²) in [5, 5.41) is 11.7. The summed E-state index contributed by atoms with van der Waals surface area (Å²) in [5.74, 6) is -0.258. The van der Waals surface area contributed by atoms with Gasteiger partial charge < -0.3 is 10.1 Å². The van der Waals surface area contributed by atoms with Crippen molar-refractivity contribution in [2.75, 3.05) is 7.05 Å². The highest BCUT2D eigenvalue weighted by molar-refractivity contribution is 5.35. The van der Waals surface area contributed by atoms with Crippen molar-refractivity contribution in [3.8, 4) is 11.8 Å². The van der Waals surface area contributed by atoms with Crippen LogP contribution >= 0.6 is 0 Å². The fourth-order valence-electron chi connectivity index (χ4n) is 1.36. The van der Waals surface area contributed by atoms with Gasteiger partial charge in [0.25, 0.3) is 0 Å². The van der Waals surface area contributed by atoms with Gasteiger partial charge in [0.15, 0.2) is 17.7 Å². The van der Waals surface area contributed by atoms with E-state index in [0.29, 0.717) is 13.0 Å². The highest BCUT2D eigenvalue weighted by atomic mass is 19.1. The summed E-state index contributed by atoms with van der Waals surface area (Å²) < 4.78 is 18.9. The number of rotatable bonds is 5. The van der Waals surface area contributed by atoms with E-state index in [1.165, 1.54) is 6.07 Å². The number of benzene rings is 1. The third-order valence-corrected chi connectivity index (χ3v) is 2.19. The standard InChI is InChI=1S/C12H15FN2O/c1-3-10(7-14)16-12-9(8-15-2)5-4-6-11(12)13/h4-6,10,15H,3,8H2,1-2H3. The fraction of sp³-hybridized carbons (Fsp3) is 0.417. The van der Waals surface area contributed by atoms with Gasteiger partial charge in [0, 0.05) is 12.1 Å². The Morgan fingerprint density at radius 2 is 2.31 bits per heavy atom. The van der Waals surface area contributed by atoms with Crippen LogP contribution in [0.5, 0.6) is 5.75 Å². The number of halogens is 1. The van der Waals surface area contributed by atoms with Gasteiger partial charge in [0.05, 0.1) is 0 Å². The Kier molecular flexibility index (Phi) is 4.74. The molecule has 1 N–H and O–H groups in total. The molecular weight excluding hydrogens is 207 g/mol. The van der Waals surface area contributed by atoms with Crippen LogP contribution in [0, 0.1) is 17.1 Å². The molecule has 0 bridgehead atoms. The van der Waals surface area contributed by atoms with Gasteiger partial charge in [0.1, 0.15) is 6.07 Å². The van der Waals surface area contributed by atoms with Crippen LogP contribution in [0.2, 0.25) is 0 Å². The molecule has 3 nitrogen and oxygen atoms in total. The van der Waals surface area contributed by atoms with E-state index in [0.717, 1.165) is 5.56 Å². The Morgan fingerprint density at radius 3 is 2.88 bits per heavy atom. The van der Waals surface area contributed by atoms with Gasteiger partial charge in [-0.05, 0) is 19.5 Å². The molecule has 0 saturated heterocycles. The third-order valence-electron chi connectivity index (χ3n) is 2.19. The first kappa shape index (κ1) is 12.5. The largest absolute Gasteiger partial charge is 0.472 e. The van der Waals surface area contributed by atoms with E-state index >= 15 is 0 Å². The molecule has 0 aliphatic rings. The summed E-state index contributed by atoms with van der Waals surface area (Å²) >= 11 is 0. The molecule has 1 unspecified atom stereocenters. The second kappa shape index (κ2) is 6.09. The number of hydrogen-bond donors (Lipinski definition) is 1. The molecule has 1 rings (SSSR count). The minimum absolute atomic E-state index is 0.172. The fourth-order valence-corrected chi connectivity index (χ4v) is 1.36. The van der Waals surface area contributed by atoms with Crippen LogP contribution in [0.4, 0.5) is 4.39 Å². The summed E-state index contributed by atoms with van der Waals surface area (Å²) in [6.45, 7) is 2.33. The van der Waals surface area contributed by atoms with E-state index in [9.17, 15) is 4.39 Å². The smallest absolute Gasteiger partial charge is 0.184 e. The molecule has 1 aromatic rings. The predicted octanol–water partition coefficient (Wildman–Crippen LogP) is 2.23. The van der Waals surface area contributed by atoms with Gasteiger partial charge in [-0.1, -0.05) is 19.1 Å². The monoisotopic (exact) mass is 222 g/mol. The lowest BCUT2D eigenvalue weighted by Crippen LogP contribution is -2.16. The zero-order chi connectivity index (χ0) is 12.0. The van der Waals surface area contributed by atoms with Crippen LogP contribution in [0.1, 0.15) is 18.9 Å². The Labute approximate surface area is 94.8 Å². The van der Waals surface area contributed by atoms with Crippen molar-refractivity contribution < 1.29 is 9.13 Å². The van der Waals surface area contributed by atoms with Crippen LogP contribution in [0.15, 0.2) is 18.2 Å². The molecule has 0 saturated carbocycles. The van der Waals surface area contributed by atoms with E-state index in [-0.39, 0.29) is 5.75 Å². The van der Waals surface area contributed by atoms with Crippen molar-refractivity contribution >= 4 is 0 Å². The SMILES string of the molecule is CCC(C#N)Oc1c(F)cccc1CNC. The van der Waals surface area contributed by atoms with Crippen LogP contribution in [0.25, 0.3) is 0 Å². The average Bonchev–Trinajstić information content (AvgIpc) is 2.29. The van der Waals surface area contributed by atoms with Gasteiger partial charge in [-0.25, -0.2) is 4.39 Å². The highest BCUT2D eigenvalue weighted by Crippen LogP contribution is 2.24. The number of nitrogens with zero attached hydrogens (tertiary/aromatic N) is 1. The highest BCUT2D eigenvalue weighted by Gasteiger charge is 2.14. The molecule has 0 radical (unpaired) electrons. The van der Waals surface area contributed by atoms with Crippen molar-refractivity contribution in [3.63, 3.8) is 0 Å². The number of hydrogen-bond acceptors (Lipinski definition) is 3. The lowest BCUT2D eigenvalue weighted by molar-refractivity contribution is 0.237. The maximum Gasteiger partial charge on any atom is 0.184 e. The van der Waals surface area contributed by atoms with E-state index in [1.54, 1.807) is 19.2 Å². The molecule has 0 aromatic heterocycles. The summed E-state index contributed by atoms with van der Waals surface area (Å²) in [5.41, 5.74) is 0.719. The summed E-state index contributed by atoms with van der Waals surface area (Å²) in [7, 11) is 1.77. The van der Waals surface area contributed by atoms with Crippen molar-refractivity contribution in [1.29, 1.82) is 5.26 Å². The van der Waals surface area contributed by atoms with E-state index in [1.807, 2.05) is 13.0 Å². The maximum absolute atomic E-state index is 13.5. The van der Waals surface area contributed by atoms with Crippen molar-refractivity contribution in [2.24, 2.45) is 0 Å². The lowest BCUT2D eigenvalue weighted by atomic mass is 10.2. The molecule has 0 aliphatic heterocycles. The number of nitriles is 1. The molecule has 86 valence electrons. The number of nitrogens with one attached hydrogen (secondary N) is 1. The van der Waals surface area contributed by atoms with E-state index < -0.39 is 11.9 Å². The van der Waals surface area contributed by atoms with Gasteiger partial charge in [-0.15, -0.1) is 0 Å². The minimum Gasteiger partial charge on any atom is -0.472 e. The van der Waals surface area contributed by atoms with Gasteiger partial charge in [-0.3, -0.25) is 0 Å². The van der Waals surface area contributed by atoms with Crippen molar-refractivity contribution in [1.82, 2.24) is 5.32 Å². The molecule has 16 heavy (non-hydrogen) atoms. The van der Waals surface area contributed by atoms with Gasteiger partial charge in [0.2, 0.25) is 0 Å². The van der Waals surface area contributed by atoms with Crippen LogP contribution < -0.4 is 10.1 Å². The molecule has 0 aliphatic carbocycles. The summed E-state index contributed by atoms with van der Waals surface area (Å²) in [6.07, 6.45) is -0.0726. The quantitative estimate of drug-likeness (QED) is 0.830. The first-order valence-corrected chi connectivity index (χ1v) is 5.21. The minimum atomic E-state index is -0.604. The van der Waals surface area contributed by atoms with Gasteiger partial charge >= 0.3 is 0 Å². The summed E-state index contributed by atoms with van der Waals surface area (Å²) in [6, 6.07) is 6.72. The molecule has 0 heterocycles. The van der Waals surface area contributed by atoms with Crippen molar-refractivity contribution in [3.05, 3.63) is 29.6 Å². The summed E-state index contributed by atoms with van der Waals surface area (Å²) in [4.78, 5) is 0. The van der Waals surface area contributed by atoms with E-state index in [4.69, 9.17) is 10.00 Å². The zero-order valence-electron chi connectivity index (χ0n) is 9.46. The van der Waals surface area contributed by atoms with Crippen molar-refractivity contribution in [2.45, 2.75) is 26.0 Å². The van der Waals surface area contributed by atoms with Crippen LogP contribution in [0.3, 0.4) is 0 Å². The molecule has 0 spiro atoms. The van der Waals surface area contributed by atoms with E-state index in [2.05, 4.69) is 5.32 Å². The number of para-hydroxylation sites is 1. The second-order valence-electron chi connectivity index (χ2n) is 3.40. The molecule has 4 heteroatoms. The Hall–Kier alpha value is -1.60. The molecule has 0 fully saturated rings. The zero-order valence-corrected chi connectivity index (χ0v) is 9.46. The van der Waals surface area contributed by atoms with Crippen LogP contribution in [-0.4, -0.2) is 13.2 Å². The predicted molar refractivity (Wildman–Crippen MR) is 59.5 cm³/mol. The molecular formula is C12H15FN2O. The molecule has 1 aromatic carbocycles. The molecule has 1 atom stereocenters. The second-order valence-corrected chi connectivity index (χ2v) is 3.40.